The molecule has 8 heteroatoms. The van der Waals surface area contributed by atoms with Crippen LogP contribution in [0.1, 0.15) is 59.8 Å². The van der Waals surface area contributed by atoms with E-state index in [-0.39, 0.29) is 19.6 Å². The van der Waals surface area contributed by atoms with Gasteiger partial charge in [-0.1, -0.05) is 12.8 Å². The second kappa shape index (κ2) is 13.1. The summed E-state index contributed by atoms with van der Waals surface area (Å²) in [4.78, 5) is 44.7. The van der Waals surface area contributed by atoms with Crippen molar-refractivity contribution in [2.45, 2.75) is 59.8 Å². The van der Waals surface area contributed by atoms with Gasteiger partial charge in [0.25, 0.3) is 0 Å². The first-order chi connectivity index (χ1) is 12.4. The van der Waals surface area contributed by atoms with E-state index in [4.69, 9.17) is 9.47 Å². The van der Waals surface area contributed by atoms with E-state index in [2.05, 4.69) is 9.47 Å². The Morgan fingerprint density at radius 1 is 0.654 bits per heavy atom. The van der Waals surface area contributed by atoms with E-state index in [0.29, 0.717) is 26.1 Å². The van der Waals surface area contributed by atoms with Crippen molar-refractivity contribution in [1.29, 1.82) is 0 Å². The summed E-state index contributed by atoms with van der Waals surface area (Å²) in [7, 11) is 0. The van der Waals surface area contributed by atoms with Crippen LogP contribution >= 0.6 is 0 Å². The molecule has 150 valence electrons. The molecule has 1 saturated carbocycles. The largest absolute Gasteiger partial charge is 0.466 e. The summed E-state index contributed by atoms with van der Waals surface area (Å²) in [5.74, 6) is -1.90. The topological polar surface area (TPSA) is 105 Å². The number of carbonyl (C=O) groups excluding carboxylic acids is 4. The Bertz CT molecular complexity index is 430. The van der Waals surface area contributed by atoms with Crippen LogP contribution in [-0.2, 0) is 38.1 Å². The molecule has 8 nitrogen and oxygen atoms in total. The fourth-order valence-electron chi connectivity index (χ4n) is 2.55. The highest BCUT2D eigenvalue weighted by Gasteiger charge is 2.50. The molecule has 1 aliphatic rings. The Kier molecular flexibility index (Phi) is 12.1. The highest BCUT2D eigenvalue weighted by atomic mass is 16.6. The first-order valence-electron chi connectivity index (χ1n) is 9.03. The first-order valence-corrected chi connectivity index (χ1v) is 9.03. The SMILES string of the molecule is CCOC(=O)C1(C(=O)OCC)CCCC1.CCOC(=O)CC(=O)OCC. The quantitative estimate of drug-likeness (QED) is 0.362. The lowest BCUT2D eigenvalue weighted by Gasteiger charge is -2.23. The third-order valence-electron chi connectivity index (χ3n) is 3.69. The van der Waals surface area contributed by atoms with Crippen LogP contribution in [0.4, 0.5) is 0 Å². The van der Waals surface area contributed by atoms with Gasteiger partial charge in [0.1, 0.15) is 6.42 Å². The minimum atomic E-state index is -1.01. The van der Waals surface area contributed by atoms with Gasteiger partial charge in [0, 0.05) is 0 Å². The Balaban J connectivity index is 0.000000508. The zero-order valence-corrected chi connectivity index (χ0v) is 16.1. The van der Waals surface area contributed by atoms with E-state index in [1.165, 1.54) is 0 Å². The van der Waals surface area contributed by atoms with Gasteiger partial charge in [-0.15, -0.1) is 0 Å². The maximum Gasteiger partial charge on any atom is 0.323 e. The molecule has 0 spiro atoms. The Morgan fingerprint density at radius 3 is 1.31 bits per heavy atom. The van der Waals surface area contributed by atoms with Gasteiger partial charge < -0.3 is 18.9 Å². The molecule has 0 aromatic heterocycles. The molecule has 0 bridgehead atoms. The average Bonchev–Trinajstić information content (AvgIpc) is 3.07. The molecule has 0 N–H and O–H groups in total. The van der Waals surface area contributed by atoms with Gasteiger partial charge in [0.05, 0.1) is 26.4 Å². The summed E-state index contributed by atoms with van der Waals surface area (Å²) in [6, 6.07) is 0. The molecule has 0 aromatic carbocycles. The van der Waals surface area contributed by atoms with Crippen LogP contribution < -0.4 is 0 Å². The second-order valence-corrected chi connectivity index (χ2v) is 5.52. The normalized spacial score (nSPS) is 14.5. The highest BCUT2D eigenvalue weighted by Crippen LogP contribution is 2.40. The molecule has 0 aromatic rings. The lowest BCUT2D eigenvalue weighted by Crippen LogP contribution is -2.39. The minimum Gasteiger partial charge on any atom is -0.466 e. The van der Waals surface area contributed by atoms with Crippen molar-refractivity contribution >= 4 is 23.9 Å². The van der Waals surface area contributed by atoms with Crippen LogP contribution in [0.25, 0.3) is 0 Å². The minimum absolute atomic E-state index is 0.290. The van der Waals surface area contributed by atoms with E-state index in [0.717, 1.165) is 12.8 Å². The zero-order chi connectivity index (χ0) is 20.0. The van der Waals surface area contributed by atoms with Crippen LogP contribution in [0.3, 0.4) is 0 Å². The van der Waals surface area contributed by atoms with Crippen molar-refractivity contribution in [2.24, 2.45) is 5.41 Å². The molecule has 0 radical (unpaired) electrons. The highest BCUT2D eigenvalue weighted by molar-refractivity contribution is 6.00. The molecule has 0 amide bonds. The van der Waals surface area contributed by atoms with Crippen LogP contribution in [0, 0.1) is 5.41 Å². The number of carbonyl (C=O) groups is 4. The maximum absolute atomic E-state index is 11.8. The van der Waals surface area contributed by atoms with Crippen molar-refractivity contribution in [1.82, 2.24) is 0 Å². The number of ether oxygens (including phenoxy) is 4. The average molecular weight is 374 g/mol. The lowest BCUT2D eigenvalue weighted by atomic mass is 9.86. The molecule has 0 unspecified atom stereocenters. The molecular formula is C18H30O8. The van der Waals surface area contributed by atoms with Crippen molar-refractivity contribution < 1.29 is 38.1 Å². The van der Waals surface area contributed by atoms with E-state index in [9.17, 15) is 19.2 Å². The van der Waals surface area contributed by atoms with Crippen molar-refractivity contribution in [3.8, 4) is 0 Å². The van der Waals surface area contributed by atoms with Gasteiger partial charge in [-0.3, -0.25) is 19.2 Å². The molecule has 0 atom stereocenters. The van der Waals surface area contributed by atoms with E-state index in [1.54, 1.807) is 27.7 Å². The van der Waals surface area contributed by atoms with Crippen molar-refractivity contribution in [2.75, 3.05) is 26.4 Å². The van der Waals surface area contributed by atoms with Crippen LogP contribution in [0.5, 0.6) is 0 Å². The summed E-state index contributed by atoms with van der Waals surface area (Å²) in [6.07, 6.45) is 2.60. The van der Waals surface area contributed by atoms with Gasteiger partial charge >= 0.3 is 23.9 Å². The summed E-state index contributed by atoms with van der Waals surface area (Å²) in [6.45, 7) is 8.04. The fraction of sp³-hybridized carbons (Fsp3) is 0.778. The molecular weight excluding hydrogens is 344 g/mol. The van der Waals surface area contributed by atoms with E-state index in [1.807, 2.05) is 0 Å². The van der Waals surface area contributed by atoms with Gasteiger partial charge in [-0.05, 0) is 40.5 Å². The number of hydrogen-bond donors (Lipinski definition) is 0. The van der Waals surface area contributed by atoms with Gasteiger partial charge in [0.2, 0.25) is 0 Å². The number of hydrogen-bond acceptors (Lipinski definition) is 8. The number of esters is 4. The van der Waals surface area contributed by atoms with E-state index < -0.39 is 29.3 Å². The molecule has 1 rings (SSSR count). The maximum atomic E-state index is 11.8. The first kappa shape index (κ1) is 23.9. The Morgan fingerprint density at radius 2 is 1.00 bits per heavy atom. The lowest BCUT2D eigenvalue weighted by molar-refractivity contribution is -0.171. The monoisotopic (exact) mass is 374 g/mol. The summed E-state index contributed by atoms with van der Waals surface area (Å²) in [5.41, 5.74) is -1.01. The molecule has 1 fully saturated rings. The summed E-state index contributed by atoms with van der Waals surface area (Å²) in [5, 5.41) is 0. The third-order valence-corrected chi connectivity index (χ3v) is 3.69. The fourth-order valence-corrected chi connectivity index (χ4v) is 2.55. The van der Waals surface area contributed by atoms with Crippen LogP contribution in [0.2, 0.25) is 0 Å². The van der Waals surface area contributed by atoms with Gasteiger partial charge in [0.15, 0.2) is 5.41 Å². The Labute approximate surface area is 154 Å². The van der Waals surface area contributed by atoms with E-state index >= 15 is 0 Å². The third kappa shape index (κ3) is 7.84. The molecule has 26 heavy (non-hydrogen) atoms. The Hall–Kier alpha value is -2.12. The summed E-state index contributed by atoms with van der Waals surface area (Å²) >= 11 is 0. The molecule has 0 aliphatic heterocycles. The molecule has 0 saturated heterocycles. The second-order valence-electron chi connectivity index (χ2n) is 5.52. The smallest absolute Gasteiger partial charge is 0.323 e. The molecule has 0 heterocycles. The van der Waals surface area contributed by atoms with Gasteiger partial charge in [-0.25, -0.2) is 0 Å². The van der Waals surface area contributed by atoms with Crippen LogP contribution in [-0.4, -0.2) is 50.3 Å². The van der Waals surface area contributed by atoms with Crippen molar-refractivity contribution in [3.05, 3.63) is 0 Å². The van der Waals surface area contributed by atoms with Crippen LogP contribution in [0.15, 0.2) is 0 Å². The molecule has 1 aliphatic carbocycles. The predicted molar refractivity (Wildman–Crippen MR) is 92.1 cm³/mol. The summed E-state index contributed by atoms with van der Waals surface area (Å²) < 4.78 is 19.0. The van der Waals surface area contributed by atoms with Gasteiger partial charge in [-0.2, -0.15) is 0 Å². The van der Waals surface area contributed by atoms with Crippen molar-refractivity contribution in [3.63, 3.8) is 0 Å². The number of rotatable bonds is 8. The standard InChI is InChI=1S/C11H18O4.C7H12O4/c1-3-14-9(12)11(7-5-6-8-11)10(13)15-4-2;1-3-10-6(8)5-7(9)11-4-2/h3-8H2,1-2H3;3-5H2,1-2H3. The predicted octanol–water partition coefficient (Wildman–Crippen LogP) is 2.18. The zero-order valence-electron chi connectivity index (χ0n) is 16.1.